The fourth-order valence-electron chi connectivity index (χ4n) is 3.45. The first-order chi connectivity index (χ1) is 12.3. The van der Waals surface area contributed by atoms with E-state index in [1.165, 1.54) is 5.56 Å². The van der Waals surface area contributed by atoms with Gasteiger partial charge in [-0.05, 0) is 50.6 Å². The summed E-state index contributed by atoms with van der Waals surface area (Å²) >= 11 is 0. The highest BCUT2D eigenvalue weighted by molar-refractivity contribution is 5.48. The van der Waals surface area contributed by atoms with Crippen LogP contribution in [0.4, 0.5) is 0 Å². The minimum Gasteiger partial charge on any atom is -0.299 e. The van der Waals surface area contributed by atoms with Gasteiger partial charge in [0.05, 0.1) is 0 Å². The molecule has 2 aromatic heterocycles. The maximum atomic E-state index is 4.71. The van der Waals surface area contributed by atoms with Crippen molar-refractivity contribution in [2.45, 2.75) is 32.2 Å². The summed E-state index contributed by atoms with van der Waals surface area (Å²) in [7, 11) is 0. The number of hydrogen-bond donors (Lipinski definition) is 1. The molecule has 0 aliphatic carbocycles. The number of hydrogen-bond acceptors (Lipinski definition) is 4. The number of likely N-dealkylation sites (tertiary alicyclic amines) is 1. The van der Waals surface area contributed by atoms with Gasteiger partial charge in [0.1, 0.15) is 11.5 Å². The Balaban J connectivity index is 1.38. The summed E-state index contributed by atoms with van der Waals surface area (Å²) in [5, 5.41) is 7.52. The Hall–Kier alpha value is -2.53. The summed E-state index contributed by atoms with van der Waals surface area (Å²) in [5.41, 5.74) is 3.20. The van der Waals surface area contributed by atoms with E-state index in [0.29, 0.717) is 11.7 Å². The van der Waals surface area contributed by atoms with Crippen LogP contribution in [0, 0.1) is 6.92 Å². The number of pyridine rings is 1. The van der Waals surface area contributed by atoms with E-state index >= 15 is 0 Å². The normalized spacial score (nSPS) is 16.2. The van der Waals surface area contributed by atoms with Crippen LogP contribution in [0.1, 0.15) is 35.8 Å². The highest BCUT2D eigenvalue weighted by Gasteiger charge is 2.23. The van der Waals surface area contributed by atoms with E-state index in [1.54, 1.807) is 0 Å². The molecule has 0 unspecified atom stereocenters. The molecule has 1 saturated heterocycles. The van der Waals surface area contributed by atoms with Crippen LogP contribution in [0.15, 0.2) is 48.5 Å². The fourth-order valence-corrected chi connectivity index (χ4v) is 3.45. The van der Waals surface area contributed by atoms with Crippen molar-refractivity contribution < 1.29 is 0 Å². The maximum absolute atomic E-state index is 4.71. The van der Waals surface area contributed by atoms with Crippen LogP contribution in [0.25, 0.3) is 11.5 Å². The number of H-pyrrole nitrogens is 1. The third kappa shape index (κ3) is 3.77. The van der Waals surface area contributed by atoms with Crippen molar-refractivity contribution in [3.8, 4) is 11.5 Å². The molecule has 0 spiro atoms. The van der Waals surface area contributed by atoms with Gasteiger partial charge in [-0.1, -0.05) is 36.4 Å². The number of aryl methyl sites for hydroxylation is 1. The predicted molar refractivity (Wildman–Crippen MR) is 98.0 cm³/mol. The molecule has 5 heteroatoms. The van der Waals surface area contributed by atoms with E-state index in [4.69, 9.17) is 4.98 Å². The molecule has 0 amide bonds. The van der Waals surface area contributed by atoms with Crippen molar-refractivity contribution in [2.24, 2.45) is 0 Å². The highest BCUT2D eigenvalue weighted by atomic mass is 15.2. The van der Waals surface area contributed by atoms with E-state index < -0.39 is 0 Å². The molecule has 0 atom stereocenters. The average Bonchev–Trinajstić information content (AvgIpc) is 3.13. The molecule has 1 aromatic carbocycles. The Morgan fingerprint density at radius 3 is 2.56 bits per heavy atom. The van der Waals surface area contributed by atoms with Crippen LogP contribution in [-0.2, 0) is 6.54 Å². The third-order valence-corrected chi connectivity index (χ3v) is 4.84. The van der Waals surface area contributed by atoms with Gasteiger partial charge in [0, 0.05) is 18.2 Å². The van der Waals surface area contributed by atoms with Gasteiger partial charge in [-0.3, -0.25) is 10.00 Å². The first-order valence-electron chi connectivity index (χ1n) is 8.90. The number of rotatable bonds is 4. The fraction of sp³-hybridized carbons (Fsp3) is 0.350. The number of aromatic amines is 1. The second kappa shape index (κ2) is 7.15. The molecule has 1 fully saturated rings. The lowest BCUT2D eigenvalue weighted by atomic mass is 9.96. The average molecular weight is 333 g/mol. The molecule has 1 aliphatic heterocycles. The SMILES string of the molecule is Cc1cccc(-c2n[nH]c(C3CCN(Cc4ccccc4)CC3)n2)n1. The van der Waals surface area contributed by atoms with E-state index in [2.05, 4.69) is 50.4 Å². The molecule has 0 saturated carbocycles. The molecule has 5 nitrogen and oxygen atoms in total. The molecular weight excluding hydrogens is 310 g/mol. The van der Waals surface area contributed by atoms with Crippen molar-refractivity contribution in [3.63, 3.8) is 0 Å². The number of aromatic nitrogens is 4. The van der Waals surface area contributed by atoms with Crippen LogP contribution in [-0.4, -0.2) is 38.2 Å². The van der Waals surface area contributed by atoms with Crippen LogP contribution in [0.2, 0.25) is 0 Å². The van der Waals surface area contributed by atoms with Gasteiger partial charge < -0.3 is 0 Å². The zero-order chi connectivity index (χ0) is 17.1. The summed E-state index contributed by atoms with van der Waals surface area (Å²) < 4.78 is 0. The lowest BCUT2D eigenvalue weighted by Crippen LogP contribution is -2.32. The minimum absolute atomic E-state index is 0.457. The summed E-state index contributed by atoms with van der Waals surface area (Å²) in [6.07, 6.45) is 2.23. The van der Waals surface area contributed by atoms with Gasteiger partial charge in [-0.2, -0.15) is 5.10 Å². The van der Waals surface area contributed by atoms with Crippen molar-refractivity contribution in [1.82, 2.24) is 25.1 Å². The van der Waals surface area contributed by atoms with Crippen molar-refractivity contribution in [2.75, 3.05) is 13.1 Å². The molecule has 4 rings (SSSR count). The van der Waals surface area contributed by atoms with E-state index in [0.717, 1.165) is 49.7 Å². The Morgan fingerprint density at radius 2 is 1.80 bits per heavy atom. The number of benzene rings is 1. The molecule has 0 bridgehead atoms. The minimum atomic E-state index is 0.457. The van der Waals surface area contributed by atoms with Crippen LogP contribution in [0.3, 0.4) is 0 Å². The van der Waals surface area contributed by atoms with E-state index in [9.17, 15) is 0 Å². The molecule has 1 N–H and O–H groups in total. The monoisotopic (exact) mass is 333 g/mol. The van der Waals surface area contributed by atoms with Gasteiger partial charge in [0.2, 0.25) is 0 Å². The zero-order valence-corrected chi connectivity index (χ0v) is 14.5. The quantitative estimate of drug-likeness (QED) is 0.793. The third-order valence-electron chi connectivity index (χ3n) is 4.84. The zero-order valence-electron chi connectivity index (χ0n) is 14.5. The van der Waals surface area contributed by atoms with Gasteiger partial charge >= 0.3 is 0 Å². The maximum Gasteiger partial charge on any atom is 0.199 e. The number of nitrogens with one attached hydrogen (secondary N) is 1. The van der Waals surface area contributed by atoms with Crippen molar-refractivity contribution >= 4 is 0 Å². The lowest BCUT2D eigenvalue weighted by Gasteiger charge is -2.30. The molecule has 25 heavy (non-hydrogen) atoms. The Morgan fingerprint density at radius 1 is 1.00 bits per heavy atom. The van der Waals surface area contributed by atoms with Crippen LogP contribution < -0.4 is 0 Å². The summed E-state index contributed by atoms with van der Waals surface area (Å²) in [6.45, 7) is 5.21. The molecule has 0 radical (unpaired) electrons. The van der Waals surface area contributed by atoms with E-state index in [1.807, 2.05) is 25.1 Å². The summed E-state index contributed by atoms with van der Waals surface area (Å²) in [5.74, 6) is 2.15. The van der Waals surface area contributed by atoms with Gasteiger partial charge in [0.15, 0.2) is 5.82 Å². The first-order valence-corrected chi connectivity index (χ1v) is 8.90. The Kier molecular flexibility index (Phi) is 4.57. The number of piperidine rings is 1. The topological polar surface area (TPSA) is 57.7 Å². The molecule has 1 aliphatic rings. The number of nitrogens with zero attached hydrogens (tertiary/aromatic N) is 4. The van der Waals surface area contributed by atoms with Gasteiger partial charge in [0.25, 0.3) is 0 Å². The molecular formula is C20H23N5. The van der Waals surface area contributed by atoms with Crippen LogP contribution >= 0.6 is 0 Å². The predicted octanol–water partition coefficient (Wildman–Crippen LogP) is 3.55. The lowest BCUT2D eigenvalue weighted by molar-refractivity contribution is 0.202. The Bertz CT molecular complexity index is 819. The van der Waals surface area contributed by atoms with Gasteiger partial charge in [-0.15, -0.1) is 0 Å². The first kappa shape index (κ1) is 16.0. The van der Waals surface area contributed by atoms with E-state index in [-0.39, 0.29) is 0 Å². The Labute approximate surface area is 148 Å². The van der Waals surface area contributed by atoms with Crippen LogP contribution in [0.5, 0.6) is 0 Å². The molecule has 128 valence electrons. The second-order valence-electron chi connectivity index (χ2n) is 6.74. The van der Waals surface area contributed by atoms with Gasteiger partial charge in [-0.25, -0.2) is 9.97 Å². The second-order valence-corrected chi connectivity index (χ2v) is 6.74. The highest BCUT2D eigenvalue weighted by Crippen LogP contribution is 2.27. The van der Waals surface area contributed by atoms with Crippen molar-refractivity contribution in [3.05, 3.63) is 65.6 Å². The summed E-state index contributed by atoms with van der Waals surface area (Å²) in [6, 6.07) is 16.6. The molecule has 3 aromatic rings. The standard InChI is InChI=1S/C20H23N5/c1-15-6-5-9-18(21-15)20-22-19(23-24-20)17-10-12-25(13-11-17)14-16-7-3-2-4-8-16/h2-9,17H,10-14H2,1H3,(H,22,23,24). The smallest absolute Gasteiger partial charge is 0.199 e. The largest absolute Gasteiger partial charge is 0.299 e. The van der Waals surface area contributed by atoms with Crippen molar-refractivity contribution in [1.29, 1.82) is 0 Å². The molecule has 3 heterocycles. The summed E-state index contributed by atoms with van der Waals surface area (Å²) in [4.78, 5) is 11.7.